The molecule has 0 spiro atoms. The number of halogens is 2. The molecule has 6 nitrogen and oxygen atoms in total. The Kier molecular flexibility index (Phi) is 7.72. The van der Waals surface area contributed by atoms with Gasteiger partial charge in [-0.05, 0) is 25.7 Å². The lowest BCUT2D eigenvalue weighted by molar-refractivity contribution is -0.136. The van der Waals surface area contributed by atoms with Gasteiger partial charge in [-0.1, -0.05) is 30.6 Å². The molecular weight excluding hydrogens is 420 g/mol. The smallest absolute Gasteiger partial charge is 0.324 e. The molecule has 2 N–H and O–H groups in total. The highest BCUT2D eigenvalue weighted by Crippen LogP contribution is 2.38. The minimum atomic E-state index is -2.62. The zero-order valence-electron chi connectivity index (χ0n) is 16.2. The van der Waals surface area contributed by atoms with Crippen LogP contribution in [0, 0.1) is 0 Å². The zero-order chi connectivity index (χ0) is 20.9. The average molecular weight is 448 g/mol. The summed E-state index contributed by atoms with van der Waals surface area (Å²) in [6, 6.07) is -0.338. The maximum absolute atomic E-state index is 13.6. The number of thioether (sulfide) groups is 1. The van der Waals surface area contributed by atoms with Gasteiger partial charge >= 0.3 is 12.0 Å². The van der Waals surface area contributed by atoms with Crippen LogP contribution in [0.4, 0.5) is 18.7 Å². The van der Waals surface area contributed by atoms with E-state index in [1.165, 1.54) is 23.1 Å². The van der Waals surface area contributed by atoms with Crippen molar-refractivity contribution in [2.24, 2.45) is 0 Å². The number of aromatic nitrogens is 1. The second-order valence-electron chi connectivity index (χ2n) is 7.69. The first-order valence-corrected chi connectivity index (χ1v) is 11.9. The van der Waals surface area contributed by atoms with E-state index in [0.29, 0.717) is 23.7 Å². The summed E-state index contributed by atoms with van der Waals surface area (Å²) in [5.41, 5.74) is 0. The van der Waals surface area contributed by atoms with E-state index in [1.807, 2.05) is 4.90 Å². The summed E-state index contributed by atoms with van der Waals surface area (Å²) < 4.78 is 28.1. The molecule has 2 fully saturated rings. The first-order chi connectivity index (χ1) is 13.8. The number of hydrogen-bond acceptors (Lipinski definition) is 5. The lowest BCUT2D eigenvalue weighted by Gasteiger charge is -2.42. The molecule has 0 atom stereocenters. The molecule has 29 heavy (non-hydrogen) atoms. The molecule has 0 unspecified atom stereocenters. The van der Waals surface area contributed by atoms with Crippen molar-refractivity contribution in [2.75, 3.05) is 11.1 Å². The lowest BCUT2D eigenvalue weighted by Crippen LogP contribution is -2.51. The molecule has 2 saturated carbocycles. The van der Waals surface area contributed by atoms with Crippen molar-refractivity contribution in [1.82, 2.24) is 9.88 Å². The Morgan fingerprint density at radius 3 is 2.52 bits per heavy atom. The Labute approximate surface area is 177 Å². The van der Waals surface area contributed by atoms with Gasteiger partial charge in [-0.25, -0.2) is 18.6 Å². The molecule has 0 radical (unpaired) electrons. The largest absolute Gasteiger partial charge is 0.481 e. The molecular formula is C19H27F2N3O3S2. The molecule has 0 aliphatic heterocycles. The van der Waals surface area contributed by atoms with Crippen molar-refractivity contribution in [1.29, 1.82) is 0 Å². The Morgan fingerprint density at radius 1 is 1.21 bits per heavy atom. The van der Waals surface area contributed by atoms with Gasteiger partial charge < -0.3 is 10.0 Å². The monoisotopic (exact) mass is 447 g/mol. The fourth-order valence-electron chi connectivity index (χ4n) is 4.07. The van der Waals surface area contributed by atoms with Gasteiger partial charge in [0.1, 0.15) is 0 Å². The lowest BCUT2D eigenvalue weighted by atomic mass is 9.87. The van der Waals surface area contributed by atoms with Gasteiger partial charge in [0.25, 0.3) is 0 Å². The normalized spacial score (nSPS) is 20.3. The number of aliphatic carboxylic acids is 1. The zero-order valence-corrected chi connectivity index (χ0v) is 17.9. The first kappa shape index (κ1) is 22.3. The molecule has 2 aliphatic carbocycles. The van der Waals surface area contributed by atoms with Crippen LogP contribution in [-0.4, -0.2) is 50.7 Å². The van der Waals surface area contributed by atoms with Crippen molar-refractivity contribution in [3.63, 3.8) is 0 Å². The fraction of sp³-hybridized carbons (Fsp3) is 0.737. The SMILES string of the molecule is O=C(O)CCSc1cnc(NC(=O)N(C2CCCCC2)C2CCC(F)(F)CC2)s1. The third-order valence-corrected chi connectivity index (χ3v) is 7.65. The van der Waals surface area contributed by atoms with Crippen LogP contribution in [0.15, 0.2) is 10.4 Å². The van der Waals surface area contributed by atoms with E-state index in [0.717, 1.165) is 36.3 Å². The summed E-state index contributed by atoms with van der Waals surface area (Å²) in [6.07, 6.45) is 7.08. The predicted octanol–water partition coefficient (Wildman–Crippen LogP) is 5.45. The number of nitrogens with one attached hydrogen (secondary N) is 1. The van der Waals surface area contributed by atoms with E-state index in [2.05, 4.69) is 10.3 Å². The fourth-order valence-corrected chi connectivity index (χ4v) is 5.94. The molecule has 162 valence electrons. The molecule has 0 aromatic carbocycles. The summed E-state index contributed by atoms with van der Waals surface area (Å²) in [6.45, 7) is 0. The number of anilines is 1. The Balaban J connectivity index is 1.63. The number of amides is 2. The van der Waals surface area contributed by atoms with Crippen LogP contribution in [0.1, 0.15) is 64.2 Å². The third-order valence-electron chi connectivity index (χ3n) is 5.54. The van der Waals surface area contributed by atoms with Crippen molar-refractivity contribution in [2.45, 2.75) is 86.4 Å². The number of alkyl halides is 2. The van der Waals surface area contributed by atoms with Crippen LogP contribution in [0.5, 0.6) is 0 Å². The van der Waals surface area contributed by atoms with Crippen LogP contribution in [0.3, 0.4) is 0 Å². The van der Waals surface area contributed by atoms with E-state index in [1.54, 1.807) is 6.20 Å². The van der Waals surface area contributed by atoms with E-state index in [9.17, 15) is 18.4 Å². The summed E-state index contributed by atoms with van der Waals surface area (Å²) in [4.78, 5) is 29.7. The number of carbonyl (C=O) groups excluding carboxylic acids is 1. The number of carboxylic acids is 1. The third kappa shape index (κ3) is 6.53. The van der Waals surface area contributed by atoms with Gasteiger partial charge in [-0.15, -0.1) is 11.8 Å². The number of hydrogen-bond donors (Lipinski definition) is 2. The second-order valence-corrected chi connectivity index (χ2v) is 10.1. The number of rotatable bonds is 7. The van der Waals surface area contributed by atoms with Crippen LogP contribution in [0.25, 0.3) is 0 Å². The van der Waals surface area contributed by atoms with E-state index in [4.69, 9.17) is 5.11 Å². The minimum Gasteiger partial charge on any atom is -0.481 e. The topological polar surface area (TPSA) is 82.5 Å². The van der Waals surface area contributed by atoms with Gasteiger partial charge in [0.05, 0.1) is 16.8 Å². The second kappa shape index (κ2) is 10.1. The van der Waals surface area contributed by atoms with Gasteiger partial charge in [-0.2, -0.15) is 0 Å². The van der Waals surface area contributed by atoms with E-state index < -0.39 is 11.9 Å². The van der Waals surface area contributed by atoms with Crippen LogP contribution >= 0.6 is 23.1 Å². The highest BCUT2D eigenvalue weighted by atomic mass is 32.2. The predicted molar refractivity (Wildman–Crippen MR) is 110 cm³/mol. The quantitative estimate of drug-likeness (QED) is 0.543. The summed E-state index contributed by atoms with van der Waals surface area (Å²) >= 11 is 2.69. The molecule has 2 aliphatic rings. The Hall–Kier alpha value is -1.42. The highest BCUT2D eigenvalue weighted by Gasteiger charge is 2.40. The molecule has 0 saturated heterocycles. The maximum Gasteiger partial charge on any atom is 0.324 e. The van der Waals surface area contributed by atoms with Crippen LogP contribution in [-0.2, 0) is 4.79 Å². The van der Waals surface area contributed by atoms with Crippen molar-refractivity contribution < 1.29 is 23.5 Å². The number of thiazole rings is 1. The molecule has 2 amide bonds. The molecule has 10 heteroatoms. The molecule has 0 bridgehead atoms. The van der Waals surface area contributed by atoms with Crippen LogP contribution < -0.4 is 5.32 Å². The summed E-state index contributed by atoms with van der Waals surface area (Å²) in [7, 11) is 0. The molecule has 1 aromatic rings. The van der Waals surface area contributed by atoms with E-state index >= 15 is 0 Å². The number of nitrogens with zero attached hydrogens (tertiary/aromatic N) is 2. The standard InChI is InChI=1S/C19H27F2N3O3S2/c20-19(21)9-6-14(7-10-19)24(13-4-2-1-3-5-13)18(27)23-17-22-12-16(29-17)28-11-8-15(25)26/h12-14H,1-11H2,(H,25,26)(H,22,23,27). The first-order valence-electron chi connectivity index (χ1n) is 10.1. The Bertz CT molecular complexity index is 701. The minimum absolute atomic E-state index is 0.0615. The molecule has 1 aromatic heterocycles. The highest BCUT2D eigenvalue weighted by molar-refractivity contribution is 8.01. The van der Waals surface area contributed by atoms with Gasteiger partial charge in [0.15, 0.2) is 5.13 Å². The Morgan fingerprint density at radius 2 is 1.86 bits per heavy atom. The maximum atomic E-state index is 13.6. The molecule has 1 heterocycles. The van der Waals surface area contributed by atoms with Crippen molar-refractivity contribution in [3.8, 4) is 0 Å². The number of urea groups is 1. The van der Waals surface area contributed by atoms with Crippen molar-refractivity contribution >= 4 is 40.2 Å². The van der Waals surface area contributed by atoms with Crippen LogP contribution in [0.2, 0.25) is 0 Å². The van der Waals surface area contributed by atoms with E-state index in [-0.39, 0.29) is 37.4 Å². The molecule has 3 rings (SSSR count). The summed E-state index contributed by atoms with van der Waals surface area (Å²) in [5.74, 6) is -3.03. The van der Waals surface area contributed by atoms with Gasteiger partial charge in [0.2, 0.25) is 5.92 Å². The van der Waals surface area contributed by atoms with Gasteiger partial charge in [0, 0.05) is 30.7 Å². The van der Waals surface area contributed by atoms with Gasteiger partial charge in [-0.3, -0.25) is 10.1 Å². The number of carboxylic acid groups (broad SMARTS) is 1. The summed E-state index contributed by atoms with van der Waals surface area (Å²) in [5, 5.41) is 12.0. The van der Waals surface area contributed by atoms with Crippen molar-refractivity contribution in [3.05, 3.63) is 6.20 Å². The number of carbonyl (C=O) groups is 2. The average Bonchev–Trinajstić information content (AvgIpc) is 3.11.